The van der Waals surface area contributed by atoms with Gasteiger partial charge in [0.05, 0.1) is 23.0 Å². The van der Waals surface area contributed by atoms with Crippen molar-refractivity contribution in [1.82, 2.24) is 10.6 Å². The lowest BCUT2D eigenvalue weighted by Crippen LogP contribution is -2.40. The first-order chi connectivity index (χ1) is 16.1. The minimum atomic E-state index is -4.59. The molecule has 0 fully saturated rings. The number of hydrogen-bond acceptors (Lipinski definition) is 2. The zero-order valence-corrected chi connectivity index (χ0v) is 19.8. The van der Waals surface area contributed by atoms with Crippen LogP contribution in [-0.2, 0) is 4.79 Å². The van der Waals surface area contributed by atoms with Gasteiger partial charge in [-0.25, -0.2) is 0 Å². The zero-order valence-electron chi connectivity index (χ0n) is 19.0. The van der Waals surface area contributed by atoms with Crippen LogP contribution in [0.1, 0.15) is 44.1 Å². The van der Waals surface area contributed by atoms with Crippen molar-refractivity contribution >= 4 is 29.5 Å². The Labute approximate surface area is 203 Å². The van der Waals surface area contributed by atoms with Gasteiger partial charge in [-0.1, -0.05) is 42.0 Å². The fourth-order valence-electron chi connectivity index (χ4n) is 3.20. The van der Waals surface area contributed by atoms with E-state index in [2.05, 4.69) is 5.32 Å². The van der Waals surface area contributed by atoms with Crippen molar-refractivity contribution in [3.8, 4) is 0 Å². The molecule has 2 aromatic rings. The maximum atomic E-state index is 13.8. The second-order valence-corrected chi connectivity index (χ2v) is 8.38. The number of benzene rings is 2. The van der Waals surface area contributed by atoms with E-state index in [0.29, 0.717) is 5.56 Å². The van der Waals surface area contributed by atoms with Crippen LogP contribution >= 0.6 is 11.6 Å². The third kappa shape index (κ3) is 8.31. The molecule has 0 aliphatic rings. The first-order valence-corrected chi connectivity index (χ1v) is 10.7. The SMILES string of the molecule is Cc1cc(C(/C=C/c2ccc(C(=O)NCC(=O)NCC(F)(F)F)c(Cl)c2)C(F)(F)F)cc(C)c1C. The zero-order chi connectivity index (χ0) is 26.6. The smallest absolute Gasteiger partial charge is 0.345 e. The Hall–Kier alpha value is -3.01. The predicted molar refractivity (Wildman–Crippen MR) is 121 cm³/mol. The molecule has 1 unspecified atom stereocenters. The molecule has 0 bridgehead atoms. The summed E-state index contributed by atoms with van der Waals surface area (Å²) in [6.07, 6.45) is -6.89. The second kappa shape index (κ2) is 11.2. The van der Waals surface area contributed by atoms with Gasteiger partial charge in [0, 0.05) is 0 Å². The van der Waals surface area contributed by atoms with Crippen LogP contribution in [0, 0.1) is 20.8 Å². The van der Waals surface area contributed by atoms with Crippen LogP contribution in [-0.4, -0.2) is 37.3 Å². The number of aryl methyl sites for hydroxylation is 2. The predicted octanol–water partition coefficient (Wildman–Crippen LogP) is 6.03. The molecule has 2 aromatic carbocycles. The molecule has 4 nitrogen and oxygen atoms in total. The molecular formula is C24H23ClF6N2O2. The lowest BCUT2D eigenvalue weighted by molar-refractivity contribution is -0.139. The number of alkyl halides is 6. The van der Waals surface area contributed by atoms with E-state index in [1.165, 1.54) is 36.4 Å². The summed E-state index contributed by atoms with van der Waals surface area (Å²) in [5.74, 6) is -3.74. The number of rotatable bonds is 7. The lowest BCUT2D eigenvalue weighted by atomic mass is 9.91. The molecular weight excluding hydrogens is 498 g/mol. The number of amides is 2. The summed E-state index contributed by atoms with van der Waals surface area (Å²) in [4.78, 5) is 23.6. The van der Waals surface area contributed by atoms with Gasteiger partial charge >= 0.3 is 12.4 Å². The first-order valence-electron chi connectivity index (χ1n) is 10.3. The van der Waals surface area contributed by atoms with Crippen molar-refractivity contribution in [2.75, 3.05) is 13.1 Å². The Balaban J connectivity index is 2.15. The topological polar surface area (TPSA) is 58.2 Å². The Bertz CT molecular complexity index is 1100. The highest BCUT2D eigenvalue weighted by Crippen LogP contribution is 2.38. The van der Waals surface area contributed by atoms with E-state index < -0.39 is 43.2 Å². The Morgan fingerprint density at radius 3 is 2.09 bits per heavy atom. The van der Waals surface area contributed by atoms with Crippen molar-refractivity contribution in [3.05, 3.63) is 74.8 Å². The monoisotopic (exact) mass is 520 g/mol. The Morgan fingerprint density at radius 1 is 0.971 bits per heavy atom. The number of hydrogen-bond donors (Lipinski definition) is 2. The van der Waals surface area contributed by atoms with Gasteiger partial charge in [0.25, 0.3) is 5.91 Å². The van der Waals surface area contributed by atoms with E-state index >= 15 is 0 Å². The fourth-order valence-corrected chi connectivity index (χ4v) is 3.48. The molecule has 2 N–H and O–H groups in total. The summed E-state index contributed by atoms with van der Waals surface area (Å²) >= 11 is 6.08. The second-order valence-electron chi connectivity index (χ2n) is 7.97. The fraction of sp³-hybridized carbons (Fsp3) is 0.333. The van der Waals surface area contributed by atoms with Gasteiger partial charge < -0.3 is 10.6 Å². The van der Waals surface area contributed by atoms with Crippen LogP contribution in [0.2, 0.25) is 5.02 Å². The van der Waals surface area contributed by atoms with E-state index in [1.54, 1.807) is 19.2 Å². The molecule has 11 heteroatoms. The van der Waals surface area contributed by atoms with Gasteiger partial charge in [0.15, 0.2) is 0 Å². The van der Waals surface area contributed by atoms with E-state index in [-0.39, 0.29) is 16.1 Å². The molecule has 0 radical (unpaired) electrons. The van der Waals surface area contributed by atoms with Crippen LogP contribution in [0.4, 0.5) is 26.3 Å². The molecule has 0 saturated heterocycles. The molecule has 2 rings (SSSR count). The highest BCUT2D eigenvalue weighted by atomic mass is 35.5. The van der Waals surface area contributed by atoms with Crippen LogP contribution in [0.5, 0.6) is 0 Å². The molecule has 0 heterocycles. The normalized spacial score (nSPS) is 13.1. The molecule has 35 heavy (non-hydrogen) atoms. The van der Waals surface area contributed by atoms with E-state index in [9.17, 15) is 35.9 Å². The molecule has 2 amide bonds. The van der Waals surface area contributed by atoms with Crippen LogP contribution in [0.15, 0.2) is 36.4 Å². The van der Waals surface area contributed by atoms with E-state index in [4.69, 9.17) is 11.6 Å². The highest BCUT2D eigenvalue weighted by molar-refractivity contribution is 6.34. The molecule has 1 atom stereocenters. The largest absolute Gasteiger partial charge is 0.405 e. The molecule has 0 aliphatic carbocycles. The van der Waals surface area contributed by atoms with Crippen LogP contribution in [0.25, 0.3) is 6.08 Å². The van der Waals surface area contributed by atoms with Crippen LogP contribution < -0.4 is 10.6 Å². The van der Waals surface area contributed by atoms with Crippen molar-refractivity contribution < 1.29 is 35.9 Å². The van der Waals surface area contributed by atoms with Crippen LogP contribution in [0.3, 0.4) is 0 Å². The standard InChI is InChI=1S/C24H23ClF6N2O2/c1-13-8-17(9-14(2)15(13)3)19(24(29,30)31)7-5-16-4-6-18(20(25)10-16)22(35)32-11-21(34)33-12-23(26,27)28/h4-10,19H,11-12H2,1-3H3,(H,32,35)(H,33,34)/b7-5+. The highest BCUT2D eigenvalue weighted by Gasteiger charge is 2.39. The molecule has 0 saturated carbocycles. The minimum absolute atomic E-state index is 0.0930. The van der Waals surface area contributed by atoms with Gasteiger partial charge in [-0.3, -0.25) is 9.59 Å². The minimum Gasteiger partial charge on any atom is -0.345 e. The van der Waals surface area contributed by atoms with Gasteiger partial charge in [-0.05, 0) is 60.7 Å². The lowest BCUT2D eigenvalue weighted by Gasteiger charge is -2.19. The molecule has 0 aliphatic heterocycles. The average Bonchev–Trinajstić information content (AvgIpc) is 2.73. The summed E-state index contributed by atoms with van der Waals surface area (Å²) < 4.78 is 77.6. The summed E-state index contributed by atoms with van der Waals surface area (Å²) in [6.45, 7) is 3.07. The summed E-state index contributed by atoms with van der Waals surface area (Å²) in [5, 5.41) is 3.63. The summed E-state index contributed by atoms with van der Waals surface area (Å²) in [6, 6.07) is 6.87. The number of allylic oxidation sites excluding steroid dienone is 1. The molecule has 0 aromatic heterocycles. The number of carbonyl (C=O) groups is 2. The van der Waals surface area contributed by atoms with Gasteiger partial charge in [0.2, 0.25) is 5.91 Å². The van der Waals surface area contributed by atoms with Gasteiger partial charge in [-0.15, -0.1) is 0 Å². The van der Waals surface area contributed by atoms with Gasteiger partial charge in [0.1, 0.15) is 6.54 Å². The third-order valence-electron chi connectivity index (χ3n) is 5.28. The molecule has 190 valence electrons. The van der Waals surface area contributed by atoms with E-state index in [0.717, 1.165) is 22.8 Å². The third-order valence-corrected chi connectivity index (χ3v) is 5.59. The van der Waals surface area contributed by atoms with Crippen molar-refractivity contribution in [3.63, 3.8) is 0 Å². The van der Waals surface area contributed by atoms with Crippen molar-refractivity contribution in [2.24, 2.45) is 0 Å². The molecule has 0 spiro atoms. The number of carbonyl (C=O) groups excluding carboxylic acids is 2. The Kier molecular flexibility index (Phi) is 9.00. The quantitative estimate of drug-likeness (QED) is 0.438. The maximum Gasteiger partial charge on any atom is 0.405 e. The summed E-state index contributed by atoms with van der Waals surface area (Å²) in [5.41, 5.74) is 2.70. The average molecular weight is 521 g/mol. The maximum absolute atomic E-state index is 13.8. The Morgan fingerprint density at radius 2 is 1.57 bits per heavy atom. The number of nitrogens with one attached hydrogen (secondary N) is 2. The summed E-state index contributed by atoms with van der Waals surface area (Å²) in [7, 11) is 0. The first kappa shape index (κ1) is 28.2. The van der Waals surface area contributed by atoms with Crippen molar-refractivity contribution in [1.29, 1.82) is 0 Å². The van der Waals surface area contributed by atoms with E-state index in [1.807, 2.05) is 6.92 Å². The van der Waals surface area contributed by atoms with Gasteiger partial charge in [-0.2, -0.15) is 26.3 Å². The number of halogens is 7. The van der Waals surface area contributed by atoms with Crippen molar-refractivity contribution in [2.45, 2.75) is 39.0 Å².